The molecule has 1 fully saturated rings. The molecule has 9 nitrogen and oxygen atoms in total. The molecule has 1 amide bonds. The fourth-order valence-corrected chi connectivity index (χ4v) is 4.37. The first-order chi connectivity index (χ1) is 18.3. The molecule has 1 aromatic heterocycles. The third-order valence-corrected chi connectivity index (χ3v) is 6.22. The minimum Gasteiger partial charge on any atom is -0.497 e. The van der Waals surface area contributed by atoms with Crippen molar-refractivity contribution in [2.75, 3.05) is 39.7 Å². The van der Waals surface area contributed by atoms with E-state index in [0.717, 1.165) is 12.0 Å². The predicted octanol–water partition coefficient (Wildman–Crippen LogP) is 3.87. The number of methoxy groups -OCH3 is 2. The molecule has 1 aliphatic rings. The lowest BCUT2D eigenvalue weighted by molar-refractivity contribution is -0.148. The van der Waals surface area contributed by atoms with Gasteiger partial charge in [-0.05, 0) is 23.6 Å². The van der Waals surface area contributed by atoms with Gasteiger partial charge < -0.3 is 25.4 Å². The fourth-order valence-electron chi connectivity index (χ4n) is 4.37. The van der Waals surface area contributed by atoms with E-state index in [-0.39, 0.29) is 23.8 Å². The van der Waals surface area contributed by atoms with Crippen molar-refractivity contribution in [3.8, 4) is 11.6 Å². The number of nitrogens with zero attached hydrogens (tertiary/aromatic N) is 4. The van der Waals surface area contributed by atoms with Gasteiger partial charge in [0.2, 0.25) is 11.8 Å². The molecule has 0 radical (unpaired) electrons. The molecule has 1 aliphatic heterocycles. The largest absolute Gasteiger partial charge is 0.497 e. The maximum atomic E-state index is 14.6. The van der Waals surface area contributed by atoms with Gasteiger partial charge in [0.25, 0.3) is 11.8 Å². The minimum atomic E-state index is -4.73. The number of amides is 1. The first-order valence-corrected chi connectivity index (χ1v) is 11.8. The number of aromatic nitrogens is 2. The third-order valence-electron chi connectivity index (χ3n) is 6.22. The van der Waals surface area contributed by atoms with E-state index in [1.807, 2.05) is 0 Å². The Labute approximate surface area is 221 Å². The Balaban J connectivity index is 1.94. The molecule has 0 saturated carbocycles. The first kappa shape index (κ1) is 29.6. The molecule has 1 saturated heterocycles. The molecular weight excluding hydrogens is 527 g/mol. The number of anilines is 1. The molecule has 3 rings (SSSR count). The number of piperidine rings is 1. The summed E-state index contributed by atoms with van der Waals surface area (Å²) >= 11 is 0. The highest BCUT2D eigenvalue weighted by molar-refractivity contribution is 6.18. The number of alkyl halides is 5. The number of halogens is 5. The molecule has 14 heteroatoms. The van der Waals surface area contributed by atoms with Crippen molar-refractivity contribution in [3.05, 3.63) is 47.3 Å². The zero-order valence-corrected chi connectivity index (χ0v) is 21.7. The number of aliphatic imine (C=N–C) groups is 1. The molecular formula is C25H29F5N6O3. The molecule has 2 unspecified atom stereocenters. The number of likely N-dealkylation sites (tertiary alicyclic amines) is 1. The molecule has 2 heterocycles. The van der Waals surface area contributed by atoms with E-state index in [1.54, 1.807) is 31.2 Å². The monoisotopic (exact) mass is 556 g/mol. The Morgan fingerprint density at radius 2 is 2.03 bits per heavy atom. The van der Waals surface area contributed by atoms with E-state index in [1.165, 1.54) is 20.4 Å². The maximum Gasteiger partial charge on any atom is 0.423 e. The van der Waals surface area contributed by atoms with Crippen LogP contribution in [-0.2, 0) is 11.0 Å². The van der Waals surface area contributed by atoms with Crippen LogP contribution in [0.1, 0.15) is 24.5 Å². The molecule has 1 aromatic carbocycles. The topological polar surface area (TPSA) is 115 Å². The van der Waals surface area contributed by atoms with Gasteiger partial charge in [-0.15, -0.1) is 0 Å². The van der Waals surface area contributed by atoms with E-state index in [2.05, 4.69) is 20.3 Å². The number of nitrogens with two attached hydrogens (primary N) is 1. The van der Waals surface area contributed by atoms with Gasteiger partial charge in [0.1, 0.15) is 17.0 Å². The van der Waals surface area contributed by atoms with Crippen molar-refractivity contribution in [1.29, 1.82) is 0 Å². The van der Waals surface area contributed by atoms with Crippen molar-refractivity contribution < 1.29 is 36.2 Å². The van der Waals surface area contributed by atoms with Crippen molar-refractivity contribution in [3.63, 3.8) is 0 Å². The maximum absolute atomic E-state index is 14.6. The Bertz CT molecular complexity index is 1250. The molecule has 2 aromatic rings. The highest BCUT2D eigenvalue weighted by atomic mass is 19.4. The number of nitrogens with one attached hydrogen (secondary N) is 1. The van der Waals surface area contributed by atoms with E-state index in [9.17, 15) is 26.7 Å². The van der Waals surface area contributed by atoms with E-state index < -0.39 is 54.4 Å². The highest BCUT2D eigenvalue weighted by Crippen LogP contribution is 2.37. The van der Waals surface area contributed by atoms with Gasteiger partial charge in [0.15, 0.2) is 0 Å². The quantitative estimate of drug-likeness (QED) is 0.288. The number of carbonyl (C=O) groups excluding carboxylic acids is 1. The SMILES string of the molecule is CN=CC(=C(N)C(=O)N1CC(F)(F)CC(C)C1CNc1ncc(C(F)(F)F)c(OC)n1)c1cccc(OC)c1. The van der Waals surface area contributed by atoms with Gasteiger partial charge >= 0.3 is 6.18 Å². The van der Waals surface area contributed by atoms with Crippen LogP contribution in [-0.4, -0.2) is 73.3 Å². The van der Waals surface area contributed by atoms with Crippen molar-refractivity contribution in [2.24, 2.45) is 16.6 Å². The Hall–Kier alpha value is -3.97. The number of hydrogen-bond donors (Lipinski definition) is 2. The molecule has 0 spiro atoms. The predicted molar refractivity (Wildman–Crippen MR) is 135 cm³/mol. The summed E-state index contributed by atoms with van der Waals surface area (Å²) < 4.78 is 78.6. The van der Waals surface area contributed by atoms with Gasteiger partial charge in [-0.1, -0.05) is 19.1 Å². The van der Waals surface area contributed by atoms with E-state index in [0.29, 0.717) is 17.5 Å². The van der Waals surface area contributed by atoms with Crippen LogP contribution in [0.15, 0.2) is 41.2 Å². The smallest absolute Gasteiger partial charge is 0.423 e. The lowest BCUT2D eigenvalue weighted by atomic mass is 9.88. The van der Waals surface area contributed by atoms with Gasteiger partial charge in [-0.3, -0.25) is 9.79 Å². The molecule has 3 N–H and O–H groups in total. The Morgan fingerprint density at radius 1 is 1.31 bits per heavy atom. The normalized spacial score (nSPS) is 20.0. The summed E-state index contributed by atoms with van der Waals surface area (Å²) in [6, 6.07) is 5.84. The average Bonchev–Trinajstić information content (AvgIpc) is 2.88. The molecule has 0 aliphatic carbocycles. The summed E-state index contributed by atoms with van der Waals surface area (Å²) in [6.45, 7) is 0.500. The summed E-state index contributed by atoms with van der Waals surface area (Å²) in [5.41, 5.74) is 5.47. The molecule has 39 heavy (non-hydrogen) atoms. The second kappa shape index (κ2) is 11.8. The summed E-state index contributed by atoms with van der Waals surface area (Å²) in [6.07, 6.45) is -3.34. The fraction of sp³-hybridized carbons (Fsp3) is 0.440. The molecule has 212 valence electrons. The van der Waals surface area contributed by atoms with Crippen LogP contribution in [0, 0.1) is 5.92 Å². The van der Waals surface area contributed by atoms with Gasteiger partial charge in [-0.2, -0.15) is 18.2 Å². The number of ether oxygens (including phenoxy) is 2. The highest BCUT2D eigenvalue weighted by Gasteiger charge is 2.46. The van der Waals surface area contributed by atoms with Gasteiger partial charge in [-0.25, -0.2) is 13.8 Å². The first-order valence-electron chi connectivity index (χ1n) is 11.8. The van der Waals surface area contributed by atoms with Crippen molar-refractivity contribution >= 4 is 23.6 Å². The Kier molecular flexibility index (Phi) is 8.97. The van der Waals surface area contributed by atoms with Crippen LogP contribution in [0.2, 0.25) is 0 Å². The molecule has 2 atom stereocenters. The summed E-state index contributed by atoms with van der Waals surface area (Å²) in [7, 11) is 3.97. The second-order valence-electron chi connectivity index (χ2n) is 8.98. The zero-order chi connectivity index (χ0) is 29.0. The number of allylic oxidation sites excluding steroid dienone is 1. The van der Waals surface area contributed by atoms with Gasteiger partial charge in [0.05, 0.1) is 26.8 Å². The van der Waals surface area contributed by atoms with Crippen LogP contribution < -0.4 is 20.5 Å². The number of carbonyl (C=O) groups is 1. The van der Waals surface area contributed by atoms with Crippen LogP contribution in [0.4, 0.5) is 27.9 Å². The summed E-state index contributed by atoms with van der Waals surface area (Å²) in [5.74, 6) is -5.19. The summed E-state index contributed by atoms with van der Waals surface area (Å²) in [5, 5.41) is 2.74. The van der Waals surface area contributed by atoms with Crippen LogP contribution in [0.3, 0.4) is 0 Å². The Morgan fingerprint density at radius 3 is 2.64 bits per heavy atom. The van der Waals surface area contributed by atoms with Crippen molar-refractivity contribution in [2.45, 2.75) is 31.5 Å². The number of hydrogen-bond acceptors (Lipinski definition) is 8. The average molecular weight is 557 g/mol. The van der Waals surface area contributed by atoms with Crippen LogP contribution in [0.5, 0.6) is 11.6 Å². The number of benzene rings is 1. The van der Waals surface area contributed by atoms with Gasteiger partial charge in [0, 0.05) is 38.0 Å². The minimum absolute atomic E-state index is 0.138. The van der Waals surface area contributed by atoms with Crippen molar-refractivity contribution in [1.82, 2.24) is 14.9 Å². The van der Waals surface area contributed by atoms with Crippen LogP contribution >= 0.6 is 0 Å². The second-order valence-corrected chi connectivity index (χ2v) is 8.98. The lowest BCUT2D eigenvalue weighted by Gasteiger charge is -2.43. The van der Waals surface area contributed by atoms with E-state index in [4.69, 9.17) is 15.2 Å². The zero-order valence-electron chi connectivity index (χ0n) is 21.7. The number of rotatable bonds is 8. The van der Waals surface area contributed by atoms with E-state index >= 15 is 0 Å². The third kappa shape index (κ3) is 6.92. The lowest BCUT2D eigenvalue weighted by Crippen LogP contribution is -2.58. The summed E-state index contributed by atoms with van der Waals surface area (Å²) in [4.78, 5) is 25.9. The standard InChI is InChI=1S/C25H29F5N6O3/c1-14-9-24(26,27)13-36(19(14)12-34-23-33-11-18(25(28,29)30)21(35-23)39-4)22(37)20(31)17(10-32-2)15-6-5-7-16(8-15)38-3/h5-8,10-11,14,19H,9,12-13,31H2,1-4H3,(H,33,34,35). The molecule has 0 bridgehead atoms. The van der Waals surface area contributed by atoms with Crippen LogP contribution in [0.25, 0.3) is 5.57 Å².